The van der Waals surface area contributed by atoms with Gasteiger partial charge in [-0.1, -0.05) is 39.0 Å². The Morgan fingerprint density at radius 2 is 1.64 bits per heavy atom. The topological polar surface area (TPSA) is 57.2 Å². The summed E-state index contributed by atoms with van der Waals surface area (Å²) in [5.74, 6) is 0. The molecule has 0 spiro atoms. The maximum absolute atomic E-state index is 9.74. The first kappa shape index (κ1) is 21.1. The normalized spacial score (nSPS) is 30.8. The standard InChI is InChI=1S/C20H38O5/c1-3-5-6-7-8-9-14-23-20-13-12-18(25-20)17-11-10-16(24-17)15-19(21)22-4-2/h16-21H,3-15H2,1-2H3/t16-,17+,18-,19+,20?/m1/s1. The van der Waals surface area contributed by atoms with Crippen LogP contribution >= 0.6 is 0 Å². The molecular weight excluding hydrogens is 320 g/mol. The molecule has 5 heteroatoms. The van der Waals surface area contributed by atoms with Crippen molar-refractivity contribution in [2.24, 2.45) is 0 Å². The van der Waals surface area contributed by atoms with E-state index in [4.69, 9.17) is 18.9 Å². The average molecular weight is 359 g/mol. The van der Waals surface area contributed by atoms with Crippen LogP contribution in [0, 0.1) is 0 Å². The van der Waals surface area contributed by atoms with Gasteiger partial charge in [-0.15, -0.1) is 0 Å². The van der Waals surface area contributed by atoms with Crippen molar-refractivity contribution in [1.29, 1.82) is 0 Å². The maximum atomic E-state index is 9.74. The minimum atomic E-state index is -0.716. The molecule has 148 valence electrons. The van der Waals surface area contributed by atoms with Crippen molar-refractivity contribution in [3.8, 4) is 0 Å². The SMILES string of the molecule is CCCCCCCCOC1CC[C@H]([C@@H]2CC[C@H](C[C@@H](O)OCC)O2)O1. The van der Waals surface area contributed by atoms with Crippen molar-refractivity contribution in [3.05, 3.63) is 0 Å². The second kappa shape index (κ2) is 12.2. The van der Waals surface area contributed by atoms with Gasteiger partial charge in [0.2, 0.25) is 0 Å². The van der Waals surface area contributed by atoms with E-state index < -0.39 is 6.29 Å². The predicted molar refractivity (Wildman–Crippen MR) is 97.4 cm³/mol. The van der Waals surface area contributed by atoms with Crippen molar-refractivity contribution in [3.63, 3.8) is 0 Å². The smallest absolute Gasteiger partial charge is 0.158 e. The van der Waals surface area contributed by atoms with Crippen LogP contribution in [0.15, 0.2) is 0 Å². The Bertz CT molecular complexity index is 338. The van der Waals surface area contributed by atoms with Crippen molar-refractivity contribution in [2.75, 3.05) is 13.2 Å². The van der Waals surface area contributed by atoms with E-state index in [1.807, 2.05) is 6.92 Å². The summed E-state index contributed by atoms with van der Waals surface area (Å²) in [4.78, 5) is 0. The fourth-order valence-corrected chi connectivity index (χ4v) is 3.79. The van der Waals surface area contributed by atoms with Gasteiger partial charge in [-0.2, -0.15) is 0 Å². The number of aliphatic hydroxyl groups is 1. The van der Waals surface area contributed by atoms with Crippen LogP contribution < -0.4 is 0 Å². The Balaban J connectivity index is 1.53. The number of unbranched alkanes of at least 4 members (excludes halogenated alkanes) is 5. The first-order chi connectivity index (χ1) is 12.2. The third kappa shape index (κ3) is 7.92. The number of hydrogen-bond acceptors (Lipinski definition) is 5. The molecule has 1 N–H and O–H groups in total. The summed E-state index contributed by atoms with van der Waals surface area (Å²) in [6.07, 6.45) is 11.8. The van der Waals surface area contributed by atoms with Gasteiger partial charge in [0.05, 0.1) is 18.3 Å². The van der Waals surface area contributed by atoms with Gasteiger partial charge in [0.25, 0.3) is 0 Å². The highest BCUT2D eigenvalue weighted by Crippen LogP contribution is 2.33. The summed E-state index contributed by atoms with van der Waals surface area (Å²) < 4.78 is 23.2. The molecule has 2 fully saturated rings. The lowest BCUT2D eigenvalue weighted by Gasteiger charge is -2.21. The third-order valence-corrected chi connectivity index (χ3v) is 5.19. The number of hydrogen-bond donors (Lipinski definition) is 1. The Hall–Kier alpha value is -0.200. The monoisotopic (exact) mass is 358 g/mol. The summed E-state index contributed by atoms with van der Waals surface area (Å²) >= 11 is 0. The Labute approximate surface area is 153 Å². The zero-order valence-electron chi connectivity index (χ0n) is 16.2. The zero-order valence-corrected chi connectivity index (χ0v) is 16.2. The fraction of sp³-hybridized carbons (Fsp3) is 1.00. The molecule has 0 saturated carbocycles. The highest BCUT2D eigenvalue weighted by Gasteiger charge is 2.38. The van der Waals surface area contributed by atoms with Gasteiger partial charge >= 0.3 is 0 Å². The van der Waals surface area contributed by atoms with Crippen LogP contribution in [-0.4, -0.2) is 49.2 Å². The molecule has 0 amide bonds. The fourth-order valence-electron chi connectivity index (χ4n) is 3.79. The summed E-state index contributed by atoms with van der Waals surface area (Å²) in [7, 11) is 0. The van der Waals surface area contributed by atoms with E-state index >= 15 is 0 Å². The molecule has 2 aliphatic heterocycles. The molecule has 0 radical (unpaired) electrons. The van der Waals surface area contributed by atoms with Gasteiger partial charge in [0.1, 0.15) is 0 Å². The van der Waals surface area contributed by atoms with Crippen LogP contribution in [0.3, 0.4) is 0 Å². The lowest BCUT2D eigenvalue weighted by Crippen LogP contribution is -2.28. The van der Waals surface area contributed by atoms with Gasteiger partial charge in [0.15, 0.2) is 12.6 Å². The van der Waals surface area contributed by atoms with Crippen LogP contribution in [0.1, 0.15) is 84.5 Å². The molecule has 2 heterocycles. The van der Waals surface area contributed by atoms with E-state index in [-0.39, 0.29) is 24.6 Å². The molecule has 0 aromatic heterocycles. The second-order valence-corrected chi connectivity index (χ2v) is 7.34. The van der Waals surface area contributed by atoms with Gasteiger partial charge in [-0.25, -0.2) is 0 Å². The maximum Gasteiger partial charge on any atom is 0.158 e. The lowest BCUT2D eigenvalue weighted by molar-refractivity contribution is -0.166. The number of aliphatic hydroxyl groups excluding tert-OH is 1. The van der Waals surface area contributed by atoms with Gasteiger partial charge in [0, 0.05) is 26.1 Å². The number of ether oxygens (including phenoxy) is 4. The molecule has 2 rings (SSSR count). The summed E-state index contributed by atoms with van der Waals surface area (Å²) in [6.45, 7) is 5.46. The van der Waals surface area contributed by atoms with Crippen molar-refractivity contribution < 1.29 is 24.1 Å². The molecule has 5 nitrogen and oxygen atoms in total. The largest absolute Gasteiger partial charge is 0.372 e. The summed E-state index contributed by atoms with van der Waals surface area (Å²) in [5, 5.41) is 9.74. The first-order valence-corrected chi connectivity index (χ1v) is 10.4. The highest BCUT2D eigenvalue weighted by atomic mass is 16.7. The molecule has 0 aromatic carbocycles. The van der Waals surface area contributed by atoms with Crippen LogP contribution in [0.4, 0.5) is 0 Å². The van der Waals surface area contributed by atoms with Crippen molar-refractivity contribution >= 4 is 0 Å². The van der Waals surface area contributed by atoms with Crippen LogP contribution in [-0.2, 0) is 18.9 Å². The first-order valence-electron chi connectivity index (χ1n) is 10.4. The zero-order chi connectivity index (χ0) is 17.9. The quantitative estimate of drug-likeness (QED) is 0.396. The van der Waals surface area contributed by atoms with E-state index in [9.17, 15) is 5.11 Å². The molecule has 2 aliphatic rings. The average Bonchev–Trinajstić information content (AvgIpc) is 3.23. The molecule has 1 unspecified atom stereocenters. The molecule has 25 heavy (non-hydrogen) atoms. The third-order valence-electron chi connectivity index (χ3n) is 5.19. The van der Waals surface area contributed by atoms with Crippen molar-refractivity contribution in [1.82, 2.24) is 0 Å². The molecule has 0 aromatic rings. The van der Waals surface area contributed by atoms with Gasteiger partial charge < -0.3 is 24.1 Å². The number of rotatable bonds is 13. The second-order valence-electron chi connectivity index (χ2n) is 7.34. The minimum Gasteiger partial charge on any atom is -0.372 e. The Morgan fingerprint density at radius 1 is 0.920 bits per heavy atom. The van der Waals surface area contributed by atoms with E-state index in [0.717, 1.165) is 38.7 Å². The molecule has 5 atom stereocenters. The van der Waals surface area contributed by atoms with Crippen LogP contribution in [0.25, 0.3) is 0 Å². The van der Waals surface area contributed by atoms with E-state index in [0.29, 0.717) is 13.0 Å². The van der Waals surface area contributed by atoms with Crippen molar-refractivity contribution in [2.45, 2.75) is 115 Å². The van der Waals surface area contributed by atoms with E-state index in [1.54, 1.807) is 0 Å². The summed E-state index contributed by atoms with van der Waals surface area (Å²) in [5.41, 5.74) is 0. The Morgan fingerprint density at radius 3 is 2.44 bits per heavy atom. The van der Waals surface area contributed by atoms with E-state index in [2.05, 4.69) is 6.92 Å². The highest BCUT2D eigenvalue weighted by molar-refractivity contribution is 4.84. The summed E-state index contributed by atoms with van der Waals surface area (Å²) in [6, 6.07) is 0. The predicted octanol–water partition coefficient (Wildman–Crippen LogP) is 4.16. The van der Waals surface area contributed by atoms with Crippen LogP contribution in [0.5, 0.6) is 0 Å². The van der Waals surface area contributed by atoms with Gasteiger partial charge in [-0.3, -0.25) is 0 Å². The van der Waals surface area contributed by atoms with Crippen LogP contribution in [0.2, 0.25) is 0 Å². The van der Waals surface area contributed by atoms with E-state index in [1.165, 1.54) is 32.1 Å². The molecular formula is C20H38O5. The Kier molecular flexibility index (Phi) is 10.3. The minimum absolute atomic E-state index is 0.0580. The molecule has 0 bridgehead atoms. The van der Waals surface area contributed by atoms with Gasteiger partial charge in [-0.05, 0) is 32.6 Å². The lowest BCUT2D eigenvalue weighted by atomic mass is 10.1. The molecule has 0 aliphatic carbocycles. The molecule has 2 saturated heterocycles.